The summed E-state index contributed by atoms with van der Waals surface area (Å²) in [7, 11) is 1.58. The van der Waals surface area contributed by atoms with Gasteiger partial charge in [-0.1, -0.05) is 0 Å². The van der Waals surface area contributed by atoms with Gasteiger partial charge in [0.25, 0.3) is 5.69 Å². The van der Waals surface area contributed by atoms with E-state index in [4.69, 9.17) is 19.9 Å². The fraction of sp³-hybridized carbons (Fsp3) is 0.462. The third-order valence-corrected chi connectivity index (χ3v) is 2.57. The Labute approximate surface area is 121 Å². The van der Waals surface area contributed by atoms with Crippen LogP contribution in [0.25, 0.3) is 0 Å². The van der Waals surface area contributed by atoms with Crippen LogP contribution in [0, 0.1) is 10.1 Å². The van der Waals surface area contributed by atoms with Gasteiger partial charge in [-0.25, -0.2) is 4.79 Å². The van der Waals surface area contributed by atoms with E-state index in [1.165, 1.54) is 12.1 Å². The van der Waals surface area contributed by atoms with E-state index >= 15 is 0 Å². The summed E-state index contributed by atoms with van der Waals surface area (Å²) in [6.07, 6.45) is 0.518. The summed E-state index contributed by atoms with van der Waals surface area (Å²) in [5.41, 5.74) is 5.54. The van der Waals surface area contributed by atoms with Gasteiger partial charge in [0.1, 0.15) is 0 Å². The van der Waals surface area contributed by atoms with Gasteiger partial charge < -0.3 is 19.9 Å². The predicted octanol–water partition coefficient (Wildman–Crippen LogP) is 1.39. The van der Waals surface area contributed by atoms with Gasteiger partial charge in [0.2, 0.25) is 0 Å². The third-order valence-electron chi connectivity index (χ3n) is 2.57. The van der Waals surface area contributed by atoms with Crippen LogP contribution in [-0.4, -0.2) is 44.4 Å². The van der Waals surface area contributed by atoms with Crippen molar-refractivity contribution < 1.29 is 23.9 Å². The topological polar surface area (TPSA) is 114 Å². The van der Waals surface area contributed by atoms with Crippen molar-refractivity contribution >= 4 is 17.3 Å². The predicted molar refractivity (Wildman–Crippen MR) is 75.1 cm³/mol. The number of hydrogen-bond donors (Lipinski definition) is 1. The van der Waals surface area contributed by atoms with Crippen LogP contribution in [0.5, 0.6) is 0 Å². The lowest BCUT2D eigenvalue weighted by atomic mass is 10.1. The standard InChI is InChI=1S/C13H18N2O6/c1-19-7-8-20-5-2-6-21-13(16)11-9-10(15(17)18)3-4-12(11)14/h3-4,9H,2,5-8,14H2,1H3. The minimum atomic E-state index is -0.687. The molecule has 21 heavy (non-hydrogen) atoms. The lowest BCUT2D eigenvalue weighted by molar-refractivity contribution is -0.384. The maximum Gasteiger partial charge on any atom is 0.340 e. The van der Waals surface area contributed by atoms with Crippen molar-refractivity contribution in [3.05, 3.63) is 33.9 Å². The molecule has 0 spiro atoms. The molecule has 0 saturated carbocycles. The van der Waals surface area contributed by atoms with Crippen LogP contribution in [-0.2, 0) is 14.2 Å². The molecule has 116 valence electrons. The second kappa shape index (κ2) is 8.88. The maximum atomic E-state index is 11.8. The molecule has 0 fully saturated rings. The number of non-ortho nitro benzene ring substituents is 1. The average molecular weight is 298 g/mol. The van der Waals surface area contributed by atoms with Crippen molar-refractivity contribution in [2.24, 2.45) is 0 Å². The highest BCUT2D eigenvalue weighted by molar-refractivity contribution is 5.95. The van der Waals surface area contributed by atoms with Gasteiger partial charge in [-0.05, 0) is 6.07 Å². The Bertz CT molecular complexity index is 492. The van der Waals surface area contributed by atoms with Crippen molar-refractivity contribution in [1.82, 2.24) is 0 Å². The van der Waals surface area contributed by atoms with Crippen LogP contribution in [0.3, 0.4) is 0 Å². The number of nitrogens with zero attached hydrogens (tertiary/aromatic N) is 1. The molecule has 0 amide bonds. The number of benzene rings is 1. The molecular formula is C13H18N2O6. The average Bonchev–Trinajstić information content (AvgIpc) is 2.46. The largest absolute Gasteiger partial charge is 0.462 e. The highest BCUT2D eigenvalue weighted by atomic mass is 16.6. The first-order chi connectivity index (χ1) is 10.1. The minimum absolute atomic E-state index is 0.00972. The Morgan fingerprint density at radius 1 is 1.29 bits per heavy atom. The van der Waals surface area contributed by atoms with Crippen LogP contribution < -0.4 is 5.73 Å². The molecule has 0 aliphatic carbocycles. The number of ether oxygens (including phenoxy) is 3. The number of methoxy groups -OCH3 is 1. The van der Waals surface area contributed by atoms with Crippen molar-refractivity contribution in [3.8, 4) is 0 Å². The zero-order chi connectivity index (χ0) is 15.7. The van der Waals surface area contributed by atoms with E-state index in [9.17, 15) is 14.9 Å². The number of esters is 1. The van der Waals surface area contributed by atoms with Gasteiger partial charge >= 0.3 is 5.97 Å². The second-order valence-corrected chi connectivity index (χ2v) is 4.12. The molecule has 0 aromatic heterocycles. The SMILES string of the molecule is COCCOCCCOC(=O)c1cc([N+](=O)[O-])ccc1N. The Morgan fingerprint density at radius 2 is 2.05 bits per heavy atom. The van der Waals surface area contributed by atoms with E-state index in [0.717, 1.165) is 6.07 Å². The maximum absolute atomic E-state index is 11.8. The van der Waals surface area contributed by atoms with Gasteiger partial charge in [-0.2, -0.15) is 0 Å². The fourth-order valence-electron chi connectivity index (χ4n) is 1.48. The van der Waals surface area contributed by atoms with Gasteiger partial charge in [0.05, 0.1) is 30.3 Å². The second-order valence-electron chi connectivity index (χ2n) is 4.12. The number of rotatable bonds is 9. The molecule has 8 heteroatoms. The van der Waals surface area contributed by atoms with Crippen LogP contribution in [0.1, 0.15) is 16.8 Å². The molecule has 0 atom stereocenters. The van der Waals surface area contributed by atoms with E-state index in [2.05, 4.69) is 0 Å². The molecule has 1 aromatic carbocycles. The molecule has 0 aliphatic heterocycles. The lowest BCUT2D eigenvalue weighted by Crippen LogP contribution is -2.11. The molecule has 1 aromatic rings. The summed E-state index contributed by atoms with van der Waals surface area (Å²) in [4.78, 5) is 21.9. The van der Waals surface area contributed by atoms with E-state index in [1.807, 2.05) is 0 Å². The normalized spacial score (nSPS) is 10.3. The summed E-state index contributed by atoms with van der Waals surface area (Å²) in [6.45, 7) is 1.56. The Morgan fingerprint density at radius 3 is 2.71 bits per heavy atom. The first-order valence-electron chi connectivity index (χ1n) is 6.34. The molecule has 0 radical (unpaired) electrons. The number of nitrogen functional groups attached to an aromatic ring is 1. The molecule has 0 saturated heterocycles. The van der Waals surface area contributed by atoms with Crippen molar-refractivity contribution in [3.63, 3.8) is 0 Å². The first-order valence-corrected chi connectivity index (χ1v) is 6.34. The number of hydrogen-bond acceptors (Lipinski definition) is 7. The van der Waals surface area contributed by atoms with E-state index in [1.54, 1.807) is 7.11 Å². The van der Waals surface area contributed by atoms with Gasteiger partial charge in [-0.3, -0.25) is 10.1 Å². The van der Waals surface area contributed by atoms with Crippen molar-refractivity contribution in [2.75, 3.05) is 39.3 Å². The van der Waals surface area contributed by atoms with Gasteiger partial charge in [0, 0.05) is 38.0 Å². The third kappa shape index (κ3) is 5.76. The number of carbonyl (C=O) groups is 1. The minimum Gasteiger partial charge on any atom is -0.462 e. The lowest BCUT2D eigenvalue weighted by Gasteiger charge is -2.07. The zero-order valence-corrected chi connectivity index (χ0v) is 11.7. The van der Waals surface area contributed by atoms with E-state index in [0.29, 0.717) is 26.2 Å². The fourth-order valence-corrected chi connectivity index (χ4v) is 1.48. The zero-order valence-electron chi connectivity index (χ0n) is 11.7. The molecule has 0 aliphatic rings. The summed E-state index contributed by atoms with van der Waals surface area (Å²) in [6, 6.07) is 3.64. The Balaban J connectivity index is 2.41. The van der Waals surface area contributed by atoms with Crippen LogP contribution >= 0.6 is 0 Å². The molecule has 0 heterocycles. The molecule has 2 N–H and O–H groups in total. The van der Waals surface area contributed by atoms with Crippen molar-refractivity contribution in [1.29, 1.82) is 0 Å². The molecule has 8 nitrogen and oxygen atoms in total. The van der Waals surface area contributed by atoms with E-state index < -0.39 is 10.9 Å². The molecule has 0 bridgehead atoms. The number of anilines is 1. The summed E-state index contributed by atoms with van der Waals surface area (Å²) < 4.78 is 15.0. The summed E-state index contributed by atoms with van der Waals surface area (Å²) in [5.74, 6) is -0.687. The van der Waals surface area contributed by atoms with Gasteiger partial charge in [0.15, 0.2) is 0 Å². The number of carbonyl (C=O) groups excluding carboxylic acids is 1. The smallest absolute Gasteiger partial charge is 0.340 e. The first kappa shape index (κ1) is 16.9. The summed E-state index contributed by atoms with van der Waals surface area (Å²) >= 11 is 0. The number of nitro benzene ring substituents is 1. The van der Waals surface area contributed by atoms with Crippen LogP contribution in [0.15, 0.2) is 18.2 Å². The number of nitrogens with two attached hydrogens (primary N) is 1. The Kier molecular flexibility index (Phi) is 7.13. The summed E-state index contributed by atoms with van der Waals surface area (Å²) in [5, 5.41) is 10.7. The highest BCUT2D eigenvalue weighted by Crippen LogP contribution is 2.20. The van der Waals surface area contributed by atoms with Crippen LogP contribution in [0.2, 0.25) is 0 Å². The quantitative estimate of drug-likeness (QED) is 0.241. The molecule has 1 rings (SSSR count). The monoisotopic (exact) mass is 298 g/mol. The van der Waals surface area contributed by atoms with Crippen LogP contribution in [0.4, 0.5) is 11.4 Å². The van der Waals surface area contributed by atoms with Crippen molar-refractivity contribution in [2.45, 2.75) is 6.42 Å². The Hall–Kier alpha value is -2.19. The molecule has 0 unspecified atom stereocenters. The number of nitro groups is 1. The van der Waals surface area contributed by atoms with Gasteiger partial charge in [-0.15, -0.1) is 0 Å². The molecular weight excluding hydrogens is 280 g/mol. The van der Waals surface area contributed by atoms with E-state index in [-0.39, 0.29) is 23.5 Å². The highest BCUT2D eigenvalue weighted by Gasteiger charge is 2.16.